The van der Waals surface area contributed by atoms with Crippen LogP contribution >= 0.6 is 0 Å². The van der Waals surface area contributed by atoms with Crippen molar-refractivity contribution in [3.8, 4) is 0 Å². The van der Waals surface area contributed by atoms with E-state index < -0.39 is 5.97 Å². The quantitative estimate of drug-likeness (QED) is 0.720. The molecule has 0 aromatic carbocycles. The standard InChI is InChI=1S/C6H12O2.C5H10O2/c1-3-5-8-6(7)4-2;1-3-4(2)5(6)7/h3-5H2,1-2H3;4H,3H2,1-2H3,(H,6,7). The van der Waals surface area contributed by atoms with Crippen molar-refractivity contribution in [3.63, 3.8) is 0 Å². The fourth-order valence-corrected chi connectivity index (χ4v) is 0.493. The third-order valence-electron chi connectivity index (χ3n) is 1.79. The van der Waals surface area contributed by atoms with Gasteiger partial charge in [0.05, 0.1) is 12.5 Å². The number of carbonyl (C=O) groups excluding carboxylic acids is 1. The Balaban J connectivity index is 0. The van der Waals surface area contributed by atoms with Gasteiger partial charge in [0.1, 0.15) is 0 Å². The van der Waals surface area contributed by atoms with Crippen LogP contribution in [0.25, 0.3) is 0 Å². The van der Waals surface area contributed by atoms with Gasteiger partial charge in [0.25, 0.3) is 0 Å². The van der Waals surface area contributed by atoms with E-state index in [0.29, 0.717) is 13.0 Å². The van der Waals surface area contributed by atoms with Crippen LogP contribution in [0, 0.1) is 5.92 Å². The van der Waals surface area contributed by atoms with Gasteiger partial charge in [0.15, 0.2) is 0 Å². The molecule has 4 nitrogen and oxygen atoms in total. The molecule has 0 spiro atoms. The maximum absolute atomic E-state index is 10.3. The summed E-state index contributed by atoms with van der Waals surface area (Å²) in [4.78, 5) is 20.3. The Kier molecular flexibility index (Phi) is 12.0. The zero-order valence-corrected chi connectivity index (χ0v) is 10.1. The van der Waals surface area contributed by atoms with Crippen LogP contribution in [0.5, 0.6) is 0 Å². The first-order valence-electron chi connectivity index (χ1n) is 5.37. The molecule has 0 amide bonds. The van der Waals surface area contributed by atoms with Gasteiger partial charge < -0.3 is 9.84 Å². The Labute approximate surface area is 91.6 Å². The lowest BCUT2D eigenvalue weighted by Gasteiger charge is -1.97. The van der Waals surface area contributed by atoms with Gasteiger partial charge in [0.2, 0.25) is 0 Å². The van der Waals surface area contributed by atoms with Crippen LogP contribution in [0.3, 0.4) is 0 Å². The van der Waals surface area contributed by atoms with E-state index >= 15 is 0 Å². The highest BCUT2D eigenvalue weighted by atomic mass is 16.5. The molecule has 1 atom stereocenters. The summed E-state index contributed by atoms with van der Waals surface area (Å²) >= 11 is 0. The lowest BCUT2D eigenvalue weighted by molar-refractivity contribution is -0.143. The van der Waals surface area contributed by atoms with Gasteiger partial charge >= 0.3 is 11.9 Å². The fourth-order valence-electron chi connectivity index (χ4n) is 0.493. The highest BCUT2D eigenvalue weighted by molar-refractivity contribution is 5.69. The van der Waals surface area contributed by atoms with Gasteiger partial charge in [0, 0.05) is 6.42 Å². The van der Waals surface area contributed by atoms with Gasteiger partial charge in [-0.25, -0.2) is 0 Å². The Morgan fingerprint density at radius 2 is 1.80 bits per heavy atom. The molecule has 0 saturated heterocycles. The minimum atomic E-state index is -0.706. The molecule has 0 aliphatic rings. The summed E-state index contributed by atoms with van der Waals surface area (Å²) in [6.45, 7) is 7.88. The second-order valence-corrected chi connectivity index (χ2v) is 3.22. The van der Waals surface area contributed by atoms with Crippen LogP contribution in [0.4, 0.5) is 0 Å². The van der Waals surface area contributed by atoms with E-state index in [0.717, 1.165) is 12.8 Å². The summed E-state index contributed by atoms with van der Waals surface area (Å²) in [7, 11) is 0. The molecular formula is C11H22O4. The van der Waals surface area contributed by atoms with Crippen molar-refractivity contribution in [1.29, 1.82) is 0 Å². The molecule has 0 aliphatic carbocycles. The number of hydrogen-bond acceptors (Lipinski definition) is 3. The van der Waals surface area contributed by atoms with E-state index in [9.17, 15) is 9.59 Å². The highest BCUT2D eigenvalue weighted by Crippen LogP contribution is 1.97. The summed E-state index contributed by atoms with van der Waals surface area (Å²) in [6.07, 6.45) is 2.11. The van der Waals surface area contributed by atoms with Crippen molar-refractivity contribution in [3.05, 3.63) is 0 Å². The van der Waals surface area contributed by atoms with Crippen LogP contribution in [0.15, 0.2) is 0 Å². The highest BCUT2D eigenvalue weighted by Gasteiger charge is 2.05. The summed E-state index contributed by atoms with van der Waals surface area (Å²) in [5, 5.41) is 8.18. The molecule has 0 radical (unpaired) electrons. The normalized spacial score (nSPS) is 10.9. The van der Waals surface area contributed by atoms with Crippen molar-refractivity contribution in [2.75, 3.05) is 6.61 Å². The summed E-state index contributed by atoms with van der Waals surface area (Å²) in [5.74, 6) is -0.991. The zero-order valence-electron chi connectivity index (χ0n) is 10.1. The predicted octanol–water partition coefficient (Wildman–Crippen LogP) is 2.47. The molecule has 0 aliphatic heterocycles. The molecule has 0 rings (SSSR count). The number of hydrogen-bond donors (Lipinski definition) is 1. The van der Waals surface area contributed by atoms with E-state index in [-0.39, 0.29) is 11.9 Å². The van der Waals surface area contributed by atoms with Crippen LogP contribution < -0.4 is 0 Å². The van der Waals surface area contributed by atoms with E-state index in [2.05, 4.69) is 0 Å². The van der Waals surface area contributed by atoms with Crippen LogP contribution in [0.2, 0.25) is 0 Å². The largest absolute Gasteiger partial charge is 0.481 e. The van der Waals surface area contributed by atoms with E-state index in [4.69, 9.17) is 9.84 Å². The molecular weight excluding hydrogens is 196 g/mol. The molecule has 0 heterocycles. The molecule has 0 bridgehead atoms. The van der Waals surface area contributed by atoms with Crippen LogP contribution in [0.1, 0.15) is 47.0 Å². The molecule has 1 N–H and O–H groups in total. The average Bonchev–Trinajstić information content (AvgIpc) is 2.25. The summed E-state index contributed by atoms with van der Waals surface area (Å²) in [5.41, 5.74) is 0. The topological polar surface area (TPSA) is 63.6 Å². The van der Waals surface area contributed by atoms with E-state index in [1.165, 1.54) is 0 Å². The Hall–Kier alpha value is -1.06. The Bertz CT molecular complexity index is 177. The number of esters is 1. The van der Waals surface area contributed by atoms with Crippen molar-refractivity contribution < 1.29 is 19.4 Å². The molecule has 0 aromatic rings. The maximum atomic E-state index is 10.3. The number of rotatable bonds is 5. The molecule has 15 heavy (non-hydrogen) atoms. The third kappa shape index (κ3) is 12.9. The van der Waals surface area contributed by atoms with E-state index in [1.807, 2.05) is 13.8 Å². The van der Waals surface area contributed by atoms with Crippen molar-refractivity contribution in [2.24, 2.45) is 5.92 Å². The van der Waals surface area contributed by atoms with Crippen molar-refractivity contribution in [2.45, 2.75) is 47.0 Å². The van der Waals surface area contributed by atoms with Crippen molar-refractivity contribution in [1.82, 2.24) is 0 Å². The number of carboxylic acids is 1. The number of carbonyl (C=O) groups is 2. The maximum Gasteiger partial charge on any atom is 0.306 e. The smallest absolute Gasteiger partial charge is 0.306 e. The minimum absolute atomic E-state index is 0.105. The second kappa shape index (κ2) is 11.0. The predicted molar refractivity (Wildman–Crippen MR) is 58.6 cm³/mol. The Morgan fingerprint density at radius 3 is 2.00 bits per heavy atom. The van der Waals surface area contributed by atoms with Crippen molar-refractivity contribution >= 4 is 11.9 Å². The first kappa shape index (κ1) is 16.4. The molecule has 4 heteroatoms. The first-order valence-corrected chi connectivity index (χ1v) is 5.37. The molecule has 0 saturated carbocycles. The summed E-state index contributed by atoms with van der Waals surface area (Å²) in [6, 6.07) is 0. The molecule has 90 valence electrons. The molecule has 1 unspecified atom stereocenters. The van der Waals surface area contributed by atoms with E-state index in [1.54, 1.807) is 13.8 Å². The SMILES string of the molecule is CCC(C)C(=O)O.CCCOC(=O)CC. The van der Waals surface area contributed by atoms with Gasteiger partial charge in [-0.05, 0) is 12.8 Å². The fraction of sp³-hybridized carbons (Fsp3) is 0.818. The third-order valence-corrected chi connectivity index (χ3v) is 1.79. The van der Waals surface area contributed by atoms with Crippen LogP contribution in [-0.4, -0.2) is 23.7 Å². The zero-order chi connectivity index (χ0) is 12.3. The van der Waals surface area contributed by atoms with Gasteiger partial charge in [-0.3, -0.25) is 9.59 Å². The second-order valence-electron chi connectivity index (χ2n) is 3.22. The van der Waals surface area contributed by atoms with Gasteiger partial charge in [-0.2, -0.15) is 0 Å². The number of aliphatic carboxylic acids is 1. The van der Waals surface area contributed by atoms with Gasteiger partial charge in [-0.1, -0.05) is 27.7 Å². The monoisotopic (exact) mass is 218 g/mol. The van der Waals surface area contributed by atoms with Gasteiger partial charge in [-0.15, -0.1) is 0 Å². The lowest BCUT2D eigenvalue weighted by Crippen LogP contribution is -2.06. The average molecular weight is 218 g/mol. The number of ether oxygens (including phenoxy) is 1. The first-order chi connectivity index (χ1) is 6.99. The molecule has 0 fully saturated rings. The number of carboxylic acid groups (broad SMARTS) is 1. The minimum Gasteiger partial charge on any atom is -0.481 e. The lowest BCUT2D eigenvalue weighted by atomic mass is 10.1. The molecule has 0 aromatic heterocycles. The Morgan fingerprint density at radius 1 is 1.27 bits per heavy atom. The van der Waals surface area contributed by atoms with Crippen LogP contribution in [-0.2, 0) is 14.3 Å². The summed E-state index contributed by atoms with van der Waals surface area (Å²) < 4.78 is 4.70.